The first-order valence-electron chi connectivity index (χ1n) is 5.32. The highest BCUT2D eigenvalue weighted by atomic mass is 19.1. The Bertz CT molecular complexity index is 614. The summed E-state index contributed by atoms with van der Waals surface area (Å²) in [7, 11) is 1.45. The summed E-state index contributed by atoms with van der Waals surface area (Å²) < 4.78 is 18.7. The number of benzene rings is 1. The zero-order valence-electron chi connectivity index (χ0n) is 9.71. The Morgan fingerprint density at radius 1 is 1.56 bits per heavy atom. The molecule has 2 aromatic rings. The minimum atomic E-state index is -0.847. The second-order valence-electron chi connectivity index (χ2n) is 3.85. The van der Waals surface area contributed by atoms with Crippen molar-refractivity contribution in [3.05, 3.63) is 34.4 Å². The fraction of sp³-hybridized carbons (Fsp3) is 0.364. The smallest absolute Gasteiger partial charge is 0.277 e. The number of aromatic nitrogens is 3. The minimum Gasteiger partial charge on any atom is -0.389 e. The maximum atomic E-state index is 12.9. The van der Waals surface area contributed by atoms with Gasteiger partial charge in [0, 0.05) is 13.2 Å². The molecule has 6 nitrogen and oxygen atoms in total. The maximum absolute atomic E-state index is 12.9. The molecule has 1 heterocycles. The van der Waals surface area contributed by atoms with Crippen molar-refractivity contribution in [3.8, 4) is 0 Å². The first-order chi connectivity index (χ1) is 8.61. The van der Waals surface area contributed by atoms with Gasteiger partial charge < -0.3 is 9.84 Å². The number of hydrogen-bond donors (Lipinski definition) is 1. The van der Waals surface area contributed by atoms with Gasteiger partial charge in [-0.3, -0.25) is 4.79 Å². The minimum absolute atomic E-state index is 0.0208. The summed E-state index contributed by atoms with van der Waals surface area (Å²) >= 11 is 0. The van der Waals surface area contributed by atoms with Gasteiger partial charge in [-0.25, -0.2) is 9.07 Å². The fourth-order valence-corrected chi connectivity index (χ4v) is 1.61. The average molecular weight is 253 g/mol. The molecule has 0 unspecified atom stereocenters. The van der Waals surface area contributed by atoms with Crippen LogP contribution in [0, 0.1) is 5.82 Å². The van der Waals surface area contributed by atoms with E-state index < -0.39 is 17.5 Å². The number of ether oxygens (including phenoxy) is 1. The quantitative estimate of drug-likeness (QED) is 0.825. The molecular weight excluding hydrogens is 241 g/mol. The Labute approximate surface area is 102 Å². The molecule has 1 N–H and O–H groups in total. The first kappa shape index (κ1) is 12.6. The number of aliphatic hydroxyl groups excluding tert-OH is 1. The fourth-order valence-electron chi connectivity index (χ4n) is 1.61. The van der Waals surface area contributed by atoms with Crippen molar-refractivity contribution < 1.29 is 14.2 Å². The van der Waals surface area contributed by atoms with Crippen molar-refractivity contribution >= 4 is 10.9 Å². The Kier molecular flexibility index (Phi) is 3.63. The van der Waals surface area contributed by atoms with Crippen LogP contribution in [0.5, 0.6) is 0 Å². The molecule has 0 saturated carbocycles. The topological polar surface area (TPSA) is 77.2 Å². The molecule has 0 aliphatic heterocycles. The maximum Gasteiger partial charge on any atom is 0.277 e. The van der Waals surface area contributed by atoms with Crippen LogP contribution in [0.2, 0.25) is 0 Å². The lowest BCUT2D eigenvalue weighted by molar-refractivity contribution is 0.0500. The van der Waals surface area contributed by atoms with Gasteiger partial charge in [0.2, 0.25) is 0 Å². The molecule has 96 valence electrons. The molecule has 0 radical (unpaired) electrons. The van der Waals surface area contributed by atoms with Crippen molar-refractivity contribution in [1.29, 1.82) is 0 Å². The Morgan fingerprint density at radius 2 is 2.33 bits per heavy atom. The number of rotatable bonds is 4. The van der Waals surface area contributed by atoms with Crippen LogP contribution in [0.3, 0.4) is 0 Å². The van der Waals surface area contributed by atoms with Crippen LogP contribution in [-0.2, 0) is 11.3 Å². The molecule has 0 saturated heterocycles. The van der Waals surface area contributed by atoms with Crippen LogP contribution in [0.25, 0.3) is 10.9 Å². The van der Waals surface area contributed by atoms with Gasteiger partial charge >= 0.3 is 0 Å². The van der Waals surface area contributed by atoms with Gasteiger partial charge in [-0.15, -0.1) is 5.10 Å². The van der Waals surface area contributed by atoms with Crippen LogP contribution >= 0.6 is 0 Å². The van der Waals surface area contributed by atoms with E-state index in [-0.39, 0.29) is 24.1 Å². The van der Waals surface area contributed by atoms with Crippen molar-refractivity contribution in [2.75, 3.05) is 13.7 Å². The van der Waals surface area contributed by atoms with Crippen LogP contribution in [0.1, 0.15) is 0 Å². The Hall–Kier alpha value is -1.86. The summed E-state index contributed by atoms with van der Waals surface area (Å²) in [6.07, 6.45) is -0.847. The summed E-state index contributed by atoms with van der Waals surface area (Å²) in [5.41, 5.74) is -0.229. The molecule has 7 heteroatoms. The van der Waals surface area contributed by atoms with Crippen LogP contribution in [0.4, 0.5) is 4.39 Å². The molecule has 2 rings (SSSR count). The summed E-state index contributed by atoms with van der Waals surface area (Å²) in [6.45, 7) is 0.0720. The molecule has 1 atom stereocenters. The van der Waals surface area contributed by atoms with E-state index in [4.69, 9.17) is 4.74 Å². The third-order valence-electron chi connectivity index (χ3n) is 2.43. The van der Waals surface area contributed by atoms with Crippen LogP contribution in [-0.4, -0.2) is 39.9 Å². The van der Waals surface area contributed by atoms with Gasteiger partial charge in [-0.05, 0) is 12.1 Å². The zero-order chi connectivity index (χ0) is 13.1. The van der Waals surface area contributed by atoms with Crippen molar-refractivity contribution in [3.63, 3.8) is 0 Å². The number of hydrogen-bond acceptors (Lipinski definition) is 5. The second-order valence-corrected chi connectivity index (χ2v) is 3.85. The lowest BCUT2D eigenvalue weighted by atomic mass is 10.2. The number of aliphatic hydroxyl groups is 1. The van der Waals surface area contributed by atoms with Gasteiger partial charge in [0.15, 0.2) is 0 Å². The number of halogens is 1. The molecule has 0 spiro atoms. The van der Waals surface area contributed by atoms with Gasteiger partial charge in [0.25, 0.3) is 5.56 Å². The van der Waals surface area contributed by atoms with E-state index in [1.807, 2.05) is 0 Å². The van der Waals surface area contributed by atoms with Crippen LogP contribution < -0.4 is 5.56 Å². The molecule has 1 aromatic carbocycles. The van der Waals surface area contributed by atoms with Gasteiger partial charge in [0.1, 0.15) is 11.3 Å². The summed E-state index contributed by atoms with van der Waals surface area (Å²) in [5.74, 6) is -0.478. The number of nitrogens with zero attached hydrogens (tertiary/aromatic N) is 3. The highest BCUT2D eigenvalue weighted by molar-refractivity contribution is 5.76. The molecule has 0 aliphatic rings. The van der Waals surface area contributed by atoms with Crippen molar-refractivity contribution in [1.82, 2.24) is 15.0 Å². The van der Waals surface area contributed by atoms with E-state index in [1.54, 1.807) is 0 Å². The first-order valence-corrected chi connectivity index (χ1v) is 5.32. The summed E-state index contributed by atoms with van der Waals surface area (Å²) in [6, 6.07) is 3.67. The van der Waals surface area contributed by atoms with Crippen LogP contribution in [0.15, 0.2) is 23.0 Å². The van der Waals surface area contributed by atoms with Crippen molar-refractivity contribution in [2.24, 2.45) is 0 Å². The standard InChI is InChI=1S/C11H12FN3O3/c1-18-6-8(16)5-15-11(17)9-3-2-7(12)4-10(9)13-14-15/h2-4,8,16H,5-6H2,1H3/t8-/m0/s1. The van der Waals surface area contributed by atoms with E-state index in [0.29, 0.717) is 0 Å². The summed E-state index contributed by atoms with van der Waals surface area (Å²) in [5, 5.41) is 17.2. The average Bonchev–Trinajstić information content (AvgIpc) is 2.33. The Balaban J connectivity index is 2.39. The normalized spacial score (nSPS) is 12.8. The van der Waals surface area contributed by atoms with Gasteiger partial charge in [0.05, 0.1) is 24.6 Å². The predicted molar refractivity (Wildman–Crippen MR) is 61.6 cm³/mol. The third kappa shape index (κ3) is 2.52. The molecule has 0 bridgehead atoms. The lowest BCUT2D eigenvalue weighted by Gasteiger charge is -2.10. The molecule has 0 fully saturated rings. The Morgan fingerprint density at radius 3 is 3.06 bits per heavy atom. The highest BCUT2D eigenvalue weighted by Gasteiger charge is 2.10. The molecule has 0 aliphatic carbocycles. The SMILES string of the molecule is COC[C@@H](O)Cn1nnc2cc(F)ccc2c1=O. The van der Waals surface area contributed by atoms with E-state index in [2.05, 4.69) is 10.3 Å². The zero-order valence-corrected chi connectivity index (χ0v) is 9.71. The monoisotopic (exact) mass is 253 g/mol. The lowest BCUT2D eigenvalue weighted by Crippen LogP contribution is -2.31. The number of methoxy groups -OCH3 is 1. The highest BCUT2D eigenvalue weighted by Crippen LogP contribution is 2.07. The van der Waals surface area contributed by atoms with E-state index in [9.17, 15) is 14.3 Å². The van der Waals surface area contributed by atoms with Gasteiger partial charge in [-0.1, -0.05) is 5.21 Å². The van der Waals surface area contributed by atoms with E-state index >= 15 is 0 Å². The largest absolute Gasteiger partial charge is 0.389 e. The molecule has 18 heavy (non-hydrogen) atoms. The second kappa shape index (κ2) is 5.19. The molecular formula is C11H12FN3O3. The molecule has 0 amide bonds. The van der Waals surface area contributed by atoms with Crippen molar-refractivity contribution in [2.45, 2.75) is 12.6 Å². The van der Waals surface area contributed by atoms with E-state index in [1.165, 1.54) is 19.2 Å². The summed E-state index contributed by atoms with van der Waals surface area (Å²) in [4.78, 5) is 12.0. The molecule has 1 aromatic heterocycles. The van der Waals surface area contributed by atoms with Gasteiger partial charge in [-0.2, -0.15) is 0 Å². The number of fused-ring (bicyclic) bond motifs is 1. The van der Waals surface area contributed by atoms with E-state index in [0.717, 1.165) is 10.7 Å². The predicted octanol–water partition coefficient (Wildman–Crippen LogP) is -0.0621. The third-order valence-corrected chi connectivity index (χ3v) is 2.43.